The molecule has 0 aromatic heterocycles. The summed E-state index contributed by atoms with van der Waals surface area (Å²) in [5.74, 6) is 0.851. The smallest absolute Gasteiger partial charge is 0.137 e. The van der Waals surface area contributed by atoms with Crippen molar-refractivity contribution in [2.24, 2.45) is 0 Å². The lowest BCUT2D eigenvalue weighted by atomic mass is 10.1. The van der Waals surface area contributed by atoms with Crippen LogP contribution in [0.3, 0.4) is 0 Å². The van der Waals surface area contributed by atoms with Crippen LogP contribution < -0.4 is 10.1 Å². The van der Waals surface area contributed by atoms with Crippen molar-refractivity contribution in [3.63, 3.8) is 0 Å². The molecule has 0 spiro atoms. The van der Waals surface area contributed by atoms with Crippen molar-refractivity contribution in [1.82, 2.24) is 5.32 Å². The molecule has 0 heterocycles. The normalized spacial score (nSPS) is 23.4. The van der Waals surface area contributed by atoms with Gasteiger partial charge in [-0.05, 0) is 40.9 Å². The molecule has 2 N–H and O–H groups in total. The monoisotopic (exact) mass is 405 g/mol. The molecule has 0 saturated heterocycles. The van der Waals surface area contributed by atoms with Gasteiger partial charge in [-0.2, -0.15) is 0 Å². The summed E-state index contributed by atoms with van der Waals surface area (Å²) in [6.07, 6.45) is 5.24. The number of aliphatic hydroxyl groups is 1. The minimum Gasteiger partial charge on any atom is -0.495 e. The molecule has 0 amide bonds. The second-order valence-electron chi connectivity index (χ2n) is 5.27. The average Bonchev–Trinajstić information content (AvgIpc) is 2.60. The van der Waals surface area contributed by atoms with E-state index in [0.717, 1.165) is 39.5 Å². The summed E-state index contributed by atoms with van der Waals surface area (Å²) in [6, 6.07) is 4.21. The number of halogens is 2. The first kappa shape index (κ1) is 16.3. The number of hydrogen-bond acceptors (Lipinski definition) is 3. The van der Waals surface area contributed by atoms with Gasteiger partial charge in [-0.1, -0.05) is 35.2 Å². The molecule has 1 saturated carbocycles. The number of benzene rings is 1. The molecule has 1 aromatic carbocycles. The summed E-state index contributed by atoms with van der Waals surface area (Å²) >= 11 is 7.02. The summed E-state index contributed by atoms with van der Waals surface area (Å²) < 4.78 is 7.41. The van der Waals surface area contributed by atoms with Crippen molar-refractivity contribution >= 4 is 31.9 Å². The van der Waals surface area contributed by atoms with Crippen LogP contribution in [0.25, 0.3) is 0 Å². The van der Waals surface area contributed by atoms with E-state index in [1.165, 1.54) is 12.8 Å². The van der Waals surface area contributed by atoms with Crippen LogP contribution in [0.1, 0.15) is 37.7 Å². The maximum absolute atomic E-state index is 10.2. The Morgan fingerprint density at radius 1 is 1.25 bits per heavy atom. The van der Waals surface area contributed by atoms with Crippen molar-refractivity contribution in [3.8, 4) is 5.75 Å². The summed E-state index contributed by atoms with van der Waals surface area (Å²) in [4.78, 5) is 0. The fourth-order valence-corrected chi connectivity index (χ4v) is 4.22. The minimum atomic E-state index is -0.237. The van der Waals surface area contributed by atoms with E-state index in [9.17, 15) is 5.11 Å². The van der Waals surface area contributed by atoms with Crippen molar-refractivity contribution in [1.29, 1.82) is 0 Å². The van der Waals surface area contributed by atoms with Crippen molar-refractivity contribution in [2.75, 3.05) is 7.11 Å². The Bertz CT molecular complexity index is 454. The van der Waals surface area contributed by atoms with Crippen LogP contribution in [-0.2, 0) is 6.54 Å². The lowest BCUT2D eigenvalue weighted by molar-refractivity contribution is 0.119. The van der Waals surface area contributed by atoms with Crippen molar-refractivity contribution in [2.45, 2.75) is 50.8 Å². The SMILES string of the molecule is COc1c(Br)cc(Br)cc1CNC1CCCCCC1O. The topological polar surface area (TPSA) is 41.5 Å². The highest BCUT2D eigenvalue weighted by atomic mass is 79.9. The molecule has 1 fully saturated rings. The first-order chi connectivity index (χ1) is 9.61. The zero-order valence-electron chi connectivity index (χ0n) is 11.7. The third-order valence-electron chi connectivity index (χ3n) is 3.82. The minimum absolute atomic E-state index is 0.181. The van der Waals surface area contributed by atoms with Gasteiger partial charge in [0.1, 0.15) is 5.75 Å². The predicted molar refractivity (Wildman–Crippen MR) is 88.1 cm³/mol. The third kappa shape index (κ3) is 4.20. The van der Waals surface area contributed by atoms with Crippen LogP contribution in [0.4, 0.5) is 0 Å². The molecule has 0 radical (unpaired) electrons. The molecular formula is C15H21Br2NO2. The van der Waals surface area contributed by atoms with Gasteiger partial charge >= 0.3 is 0 Å². The van der Waals surface area contributed by atoms with Gasteiger partial charge in [-0.15, -0.1) is 0 Å². The quantitative estimate of drug-likeness (QED) is 0.742. The van der Waals surface area contributed by atoms with Crippen molar-refractivity contribution in [3.05, 3.63) is 26.6 Å². The first-order valence-corrected chi connectivity index (χ1v) is 8.63. The molecule has 5 heteroatoms. The molecule has 112 valence electrons. The van der Waals surface area contributed by atoms with Crippen LogP contribution in [0.5, 0.6) is 5.75 Å². The molecule has 1 aliphatic rings. The van der Waals surface area contributed by atoms with Crippen LogP contribution in [0.15, 0.2) is 21.1 Å². The molecule has 1 aromatic rings. The molecule has 3 nitrogen and oxygen atoms in total. The van der Waals surface area contributed by atoms with E-state index in [1.54, 1.807) is 7.11 Å². The molecule has 20 heavy (non-hydrogen) atoms. The fourth-order valence-electron chi connectivity index (χ4n) is 2.74. The third-order valence-corrected chi connectivity index (χ3v) is 4.87. The highest BCUT2D eigenvalue weighted by molar-refractivity contribution is 9.11. The Kier molecular flexibility index (Phi) is 6.33. The molecule has 2 atom stereocenters. The number of ether oxygens (including phenoxy) is 1. The van der Waals surface area contributed by atoms with Crippen LogP contribution in [0, 0.1) is 0 Å². The van der Waals surface area contributed by atoms with E-state index in [4.69, 9.17) is 4.74 Å². The number of rotatable bonds is 4. The number of nitrogens with one attached hydrogen (secondary N) is 1. The van der Waals surface area contributed by atoms with Gasteiger partial charge in [0.25, 0.3) is 0 Å². The fraction of sp³-hybridized carbons (Fsp3) is 0.600. The van der Waals surface area contributed by atoms with Gasteiger partial charge in [0.15, 0.2) is 0 Å². The molecule has 2 rings (SSSR count). The summed E-state index contributed by atoms with van der Waals surface area (Å²) in [6.45, 7) is 0.697. The van der Waals surface area contributed by atoms with E-state index in [0.29, 0.717) is 6.54 Å². The lowest BCUT2D eigenvalue weighted by Crippen LogP contribution is -2.38. The Hall–Kier alpha value is -0.100. The van der Waals surface area contributed by atoms with E-state index in [1.807, 2.05) is 6.07 Å². The largest absolute Gasteiger partial charge is 0.495 e. The Balaban J connectivity index is 2.06. The maximum atomic E-state index is 10.2. The summed E-state index contributed by atoms with van der Waals surface area (Å²) in [7, 11) is 1.68. The summed E-state index contributed by atoms with van der Waals surface area (Å²) in [5.41, 5.74) is 1.09. The van der Waals surface area contributed by atoms with Gasteiger partial charge in [-0.25, -0.2) is 0 Å². The Morgan fingerprint density at radius 2 is 2.00 bits per heavy atom. The van der Waals surface area contributed by atoms with Crippen LogP contribution in [-0.4, -0.2) is 24.4 Å². The Labute approximate surface area is 137 Å². The second-order valence-corrected chi connectivity index (χ2v) is 7.04. The Morgan fingerprint density at radius 3 is 2.75 bits per heavy atom. The van der Waals surface area contributed by atoms with Crippen molar-refractivity contribution < 1.29 is 9.84 Å². The van der Waals surface area contributed by atoms with Gasteiger partial charge < -0.3 is 15.2 Å². The highest BCUT2D eigenvalue weighted by Gasteiger charge is 2.21. The molecule has 0 bridgehead atoms. The van der Waals surface area contributed by atoms with E-state index < -0.39 is 0 Å². The lowest BCUT2D eigenvalue weighted by Gasteiger charge is -2.22. The average molecular weight is 407 g/mol. The molecule has 0 aliphatic heterocycles. The van der Waals surface area contributed by atoms with Crippen LogP contribution >= 0.6 is 31.9 Å². The maximum Gasteiger partial charge on any atom is 0.137 e. The van der Waals surface area contributed by atoms with Gasteiger partial charge in [0.05, 0.1) is 17.7 Å². The molecule has 2 unspecified atom stereocenters. The summed E-state index contributed by atoms with van der Waals surface area (Å²) in [5, 5.41) is 13.6. The van der Waals surface area contributed by atoms with E-state index >= 15 is 0 Å². The number of hydrogen-bond donors (Lipinski definition) is 2. The highest BCUT2D eigenvalue weighted by Crippen LogP contribution is 2.32. The van der Waals surface area contributed by atoms with Gasteiger partial charge in [-0.3, -0.25) is 0 Å². The zero-order chi connectivity index (χ0) is 14.5. The second kappa shape index (κ2) is 7.78. The number of methoxy groups -OCH3 is 1. The molecular weight excluding hydrogens is 386 g/mol. The van der Waals surface area contributed by atoms with E-state index in [2.05, 4.69) is 43.2 Å². The van der Waals surface area contributed by atoms with E-state index in [-0.39, 0.29) is 12.1 Å². The molecule has 1 aliphatic carbocycles. The number of aliphatic hydroxyl groups excluding tert-OH is 1. The standard InChI is InChI=1S/C15H21Br2NO2/c1-20-15-10(7-11(16)8-12(15)17)9-18-13-5-3-2-4-6-14(13)19/h7-8,13-14,18-19H,2-6,9H2,1H3. The van der Waals surface area contributed by atoms with Gasteiger partial charge in [0.2, 0.25) is 0 Å². The zero-order valence-corrected chi connectivity index (χ0v) is 14.8. The van der Waals surface area contributed by atoms with Gasteiger partial charge in [0, 0.05) is 22.6 Å². The van der Waals surface area contributed by atoms with Crippen LogP contribution in [0.2, 0.25) is 0 Å². The first-order valence-electron chi connectivity index (χ1n) is 7.05. The predicted octanol–water partition coefficient (Wildman–Crippen LogP) is 4.00.